The van der Waals surface area contributed by atoms with Crippen molar-refractivity contribution in [1.82, 2.24) is 20.1 Å². The number of aromatic nitrogens is 3. The van der Waals surface area contributed by atoms with Gasteiger partial charge in [0.05, 0.1) is 22.4 Å². The Hall–Kier alpha value is -2.52. The van der Waals surface area contributed by atoms with Gasteiger partial charge in [-0.1, -0.05) is 72.6 Å². The Balaban J connectivity index is 1.79. The zero-order chi connectivity index (χ0) is 27.1. The van der Waals surface area contributed by atoms with E-state index in [1.807, 2.05) is 11.5 Å². The Morgan fingerprint density at radius 3 is 2.57 bits per heavy atom. The van der Waals surface area contributed by atoms with Crippen LogP contribution in [0, 0.1) is 12.8 Å². The average Bonchev–Trinajstić information content (AvgIpc) is 3.22. The van der Waals surface area contributed by atoms with Gasteiger partial charge in [-0.3, -0.25) is 9.59 Å². The number of anilines is 1. The van der Waals surface area contributed by atoms with Gasteiger partial charge in [0.1, 0.15) is 0 Å². The third-order valence-corrected chi connectivity index (χ3v) is 7.36. The number of halogens is 3. The monoisotopic (exact) mass is 579 g/mol. The van der Waals surface area contributed by atoms with Crippen molar-refractivity contribution in [3.8, 4) is 0 Å². The van der Waals surface area contributed by atoms with Crippen molar-refractivity contribution < 1.29 is 9.59 Å². The smallest absolute Gasteiger partial charge is 0.253 e. The lowest BCUT2D eigenvalue weighted by Gasteiger charge is -2.21. The molecule has 3 rings (SSSR count). The molecular weight excluding hydrogens is 553 g/mol. The number of benzene rings is 2. The van der Waals surface area contributed by atoms with E-state index in [9.17, 15) is 9.59 Å². The predicted molar refractivity (Wildman–Crippen MR) is 152 cm³/mol. The van der Waals surface area contributed by atoms with E-state index in [-0.39, 0.29) is 28.5 Å². The number of thioether (sulfide) groups is 1. The third-order valence-electron chi connectivity index (χ3n) is 5.43. The van der Waals surface area contributed by atoms with Gasteiger partial charge in [-0.25, -0.2) is 0 Å². The summed E-state index contributed by atoms with van der Waals surface area (Å²) < 4.78 is 1.85. The minimum absolute atomic E-state index is 0.114. The van der Waals surface area contributed by atoms with Crippen LogP contribution in [-0.4, -0.2) is 32.3 Å². The Kier molecular flexibility index (Phi) is 10.5. The summed E-state index contributed by atoms with van der Waals surface area (Å²) in [4.78, 5) is 25.7. The third kappa shape index (κ3) is 7.74. The topological polar surface area (TPSA) is 88.9 Å². The number of hydrogen-bond acceptors (Lipinski definition) is 5. The van der Waals surface area contributed by atoms with E-state index in [1.165, 1.54) is 17.8 Å². The first kappa shape index (κ1) is 29.0. The molecule has 1 atom stereocenters. The summed E-state index contributed by atoms with van der Waals surface area (Å²) in [5.74, 6) is 0.395. The lowest BCUT2D eigenvalue weighted by molar-refractivity contribution is -0.113. The molecule has 11 heteroatoms. The molecule has 7 nitrogen and oxygen atoms in total. The maximum atomic E-state index is 13.1. The van der Waals surface area contributed by atoms with Gasteiger partial charge in [-0.15, -0.1) is 16.8 Å². The van der Waals surface area contributed by atoms with Crippen LogP contribution in [0.1, 0.15) is 48.1 Å². The van der Waals surface area contributed by atoms with Crippen LogP contribution in [0.5, 0.6) is 0 Å². The number of allylic oxidation sites excluding steroid dienone is 1. The van der Waals surface area contributed by atoms with Crippen molar-refractivity contribution in [2.75, 3.05) is 11.1 Å². The molecule has 2 amide bonds. The molecule has 0 bridgehead atoms. The maximum absolute atomic E-state index is 13.1. The molecule has 0 aliphatic heterocycles. The van der Waals surface area contributed by atoms with Gasteiger partial charge >= 0.3 is 0 Å². The first-order valence-electron chi connectivity index (χ1n) is 11.6. The molecule has 0 fully saturated rings. The summed E-state index contributed by atoms with van der Waals surface area (Å²) in [6, 6.07) is 9.64. The van der Waals surface area contributed by atoms with E-state index in [0.29, 0.717) is 45.2 Å². The average molecular weight is 581 g/mol. The number of carbonyl (C=O) groups excluding carboxylic acids is 2. The van der Waals surface area contributed by atoms with Gasteiger partial charge in [0.25, 0.3) is 5.91 Å². The highest BCUT2D eigenvalue weighted by atomic mass is 35.5. The van der Waals surface area contributed by atoms with Crippen LogP contribution in [-0.2, 0) is 11.3 Å². The molecule has 0 unspecified atom stereocenters. The molecule has 1 aromatic heterocycles. The Morgan fingerprint density at radius 1 is 1.14 bits per heavy atom. The number of nitrogens with one attached hydrogen (secondary N) is 2. The summed E-state index contributed by atoms with van der Waals surface area (Å²) in [5, 5.41) is 16.5. The Morgan fingerprint density at radius 2 is 1.89 bits per heavy atom. The first-order valence-corrected chi connectivity index (χ1v) is 13.7. The minimum atomic E-state index is -0.441. The van der Waals surface area contributed by atoms with Crippen LogP contribution in [0.4, 0.5) is 5.69 Å². The predicted octanol–water partition coefficient (Wildman–Crippen LogP) is 6.98. The summed E-state index contributed by atoms with van der Waals surface area (Å²) in [5.41, 5.74) is 1.77. The van der Waals surface area contributed by atoms with Crippen LogP contribution in [0.2, 0.25) is 15.1 Å². The van der Waals surface area contributed by atoms with Gasteiger partial charge in [0.15, 0.2) is 11.0 Å². The highest BCUT2D eigenvalue weighted by Crippen LogP contribution is 2.28. The number of carbonyl (C=O) groups is 2. The highest BCUT2D eigenvalue weighted by Gasteiger charge is 2.25. The molecule has 37 heavy (non-hydrogen) atoms. The molecule has 1 heterocycles. The van der Waals surface area contributed by atoms with E-state index in [4.69, 9.17) is 34.8 Å². The van der Waals surface area contributed by atoms with Crippen molar-refractivity contribution in [3.05, 3.63) is 81.1 Å². The van der Waals surface area contributed by atoms with Crippen LogP contribution in [0.3, 0.4) is 0 Å². The molecule has 0 aliphatic carbocycles. The van der Waals surface area contributed by atoms with Gasteiger partial charge in [-0.05, 0) is 55.2 Å². The van der Waals surface area contributed by atoms with Crippen molar-refractivity contribution in [3.63, 3.8) is 0 Å². The van der Waals surface area contributed by atoms with Crippen molar-refractivity contribution >= 4 is 64.1 Å². The lowest BCUT2D eigenvalue weighted by Crippen LogP contribution is -2.32. The lowest BCUT2D eigenvalue weighted by atomic mass is 10.0. The normalized spacial score (nSPS) is 11.9. The molecule has 2 N–H and O–H groups in total. The van der Waals surface area contributed by atoms with Gasteiger partial charge in [-0.2, -0.15) is 0 Å². The summed E-state index contributed by atoms with van der Waals surface area (Å²) in [7, 11) is 0. The summed E-state index contributed by atoms with van der Waals surface area (Å²) in [6.45, 7) is 10.2. The van der Waals surface area contributed by atoms with Crippen molar-refractivity contribution in [2.24, 2.45) is 5.92 Å². The van der Waals surface area contributed by atoms with E-state index in [2.05, 4.69) is 41.3 Å². The highest BCUT2D eigenvalue weighted by molar-refractivity contribution is 7.99. The van der Waals surface area contributed by atoms with Gasteiger partial charge < -0.3 is 15.2 Å². The van der Waals surface area contributed by atoms with Gasteiger partial charge in [0.2, 0.25) is 5.91 Å². The first-order chi connectivity index (χ1) is 17.6. The molecule has 3 aromatic rings. The second kappa shape index (κ2) is 13.3. The molecular formula is C26H28Cl3N5O2S. The quantitative estimate of drug-likeness (QED) is 0.189. The van der Waals surface area contributed by atoms with E-state index >= 15 is 0 Å². The minimum Gasteiger partial charge on any atom is -0.342 e. The number of nitrogens with zero attached hydrogens (tertiary/aromatic N) is 3. The second-order valence-corrected chi connectivity index (χ2v) is 11.0. The second-order valence-electron chi connectivity index (χ2n) is 8.77. The van der Waals surface area contributed by atoms with Crippen LogP contribution < -0.4 is 10.6 Å². The largest absolute Gasteiger partial charge is 0.342 e. The van der Waals surface area contributed by atoms with Gasteiger partial charge in [0, 0.05) is 22.3 Å². The van der Waals surface area contributed by atoms with Crippen molar-refractivity contribution in [2.45, 2.75) is 44.9 Å². The molecule has 0 saturated carbocycles. The zero-order valence-corrected chi connectivity index (χ0v) is 23.8. The fraction of sp³-hybridized carbons (Fsp3) is 0.308. The number of hydrogen-bond donors (Lipinski definition) is 2. The molecule has 2 aromatic carbocycles. The molecule has 0 aliphatic rings. The summed E-state index contributed by atoms with van der Waals surface area (Å²) >= 11 is 19.6. The van der Waals surface area contributed by atoms with E-state index in [0.717, 1.165) is 5.56 Å². The molecule has 0 radical (unpaired) electrons. The molecule has 0 saturated heterocycles. The fourth-order valence-corrected chi connectivity index (χ4v) is 5.06. The maximum Gasteiger partial charge on any atom is 0.253 e. The molecule has 0 spiro atoms. The number of rotatable bonds is 11. The van der Waals surface area contributed by atoms with Crippen molar-refractivity contribution in [1.29, 1.82) is 0 Å². The molecule has 196 valence electrons. The standard InChI is InChI=1S/C26H28Cl3N5O2S/c1-5-11-34-24(22(12-15(2)3)31-25(36)18-10-9-17(27)13-20(18)29)32-33-26(34)37-14-23(35)30-21-8-6-7-19(28)16(21)4/h5-10,13,15,22H,1,11-12,14H2,2-4H3,(H,30,35)(H,31,36)/t22-/m1/s1. The zero-order valence-electron chi connectivity index (χ0n) is 20.7. The number of amides is 2. The van der Waals surface area contributed by atoms with Crippen LogP contribution >= 0.6 is 46.6 Å². The Bertz CT molecular complexity index is 1300. The van der Waals surface area contributed by atoms with Crippen LogP contribution in [0.15, 0.2) is 54.2 Å². The van der Waals surface area contributed by atoms with Crippen LogP contribution in [0.25, 0.3) is 0 Å². The Labute approximate surface area is 236 Å². The SMILES string of the molecule is C=CCn1c(SCC(=O)Nc2cccc(Cl)c2C)nnc1[C@@H](CC(C)C)NC(=O)c1ccc(Cl)cc1Cl. The summed E-state index contributed by atoms with van der Waals surface area (Å²) in [6.07, 6.45) is 2.34. The fourth-order valence-electron chi connectivity index (χ4n) is 3.63. The van der Waals surface area contributed by atoms with E-state index in [1.54, 1.807) is 36.4 Å². The van der Waals surface area contributed by atoms with E-state index < -0.39 is 6.04 Å².